The summed E-state index contributed by atoms with van der Waals surface area (Å²) in [6.07, 6.45) is 2.71. The van der Waals surface area contributed by atoms with Crippen LogP contribution in [0.25, 0.3) is 0 Å². The molecule has 30 heavy (non-hydrogen) atoms. The standard InChI is InChI=1S/C11H16N2.C10H14N2O.2C2H6/c1-10-5-4-6-11(12-10)9-13-7-2-3-8-13;1-9-3-2-4-10(11-9)12-5-7-13-8-6-12;2*1-2/h4-6H,2-3,7-9H2,1H3;2-4H,5-8H2,1H3;2*1-2H3. The van der Waals surface area contributed by atoms with Crippen LogP contribution in [0, 0.1) is 13.8 Å². The summed E-state index contributed by atoms with van der Waals surface area (Å²) in [6.45, 7) is 19.1. The van der Waals surface area contributed by atoms with Crippen LogP contribution in [0.3, 0.4) is 0 Å². The Morgan fingerprint density at radius 3 is 1.90 bits per heavy atom. The topological polar surface area (TPSA) is 41.5 Å². The highest BCUT2D eigenvalue weighted by Crippen LogP contribution is 2.12. The van der Waals surface area contributed by atoms with E-state index in [1.807, 2.05) is 59.7 Å². The highest BCUT2D eigenvalue weighted by Gasteiger charge is 2.12. The van der Waals surface area contributed by atoms with Crippen molar-refractivity contribution in [2.45, 2.75) is 60.9 Å². The maximum atomic E-state index is 5.28. The summed E-state index contributed by atoms with van der Waals surface area (Å²) >= 11 is 0. The Morgan fingerprint density at radius 1 is 0.767 bits per heavy atom. The van der Waals surface area contributed by atoms with E-state index in [4.69, 9.17) is 4.74 Å². The average molecular weight is 415 g/mol. The number of anilines is 1. The van der Waals surface area contributed by atoms with Crippen molar-refractivity contribution in [3.8, 4) is 0 Å². The molecule has 0 spiro atoms. The molecule has 2 fully saturated rings. The van der Waals surface area contributed by atoms with Crippen LogP contribution < -0.4 is 4.90 Å². The molecular weight excluding hydrogens is 372 g/mol. The van der Waals surface area contributed by atoms with E-state index in [0.29, 0.717) is 0 Å². The van der Waals surface area contributed by atoms with Gasteiger partial charge in [0.2, 0.25) is 0 Å². The molecule has 0 N–H and O–H groups in total. The molecule has 2 aliphatic heterocycles. The highest BCUT2D eigenvalue weighted by atomic mass is 16.5. The zero-order chi connectivity index (χ0) is 22.2. The quantitative estimate of drug-likeness (QED) is 0.685. The molecule has 5 nitrogen and oxygen atoms in total. The minimum Gasteiger partial charge on any atom is -0.378 e. The second-order valence-corrected chi connectivity index (χ2v) is 6.99. The summed E-state index contributed by atoms with van der Waals surface area (Å²) in [4.78, 5) is 13.7. The van der Waals surface area contributed by atoms with E-state index >= 15 is 0 Å². The first kappa shape index (κ1) is 26.1. The predicted molar refractivity (Wildman–Crippen MR) is 128 cm³/mol. The summed E-state index contributed by atoms with van der Waals surface area (Å²) in [6, 6.07) is 12.4. The number of aryl methyl sites for hydroxylation is 2. The maximum Gasteiger partial charge on any atom is 0.128 e. The normalized spacial score (nSPS) is 15.7. The zero-order valence-corrected chi connectivity index (χ0v) is 20.0. The molecule has 0 amide bonds. The van der Waals surface area contributed by atoms with Gasteiger partial charge in [-0.1, -0.05) is 39.8 Å². The van der Waals surface area contributed by atoms with Gasteiger partial charge in [0.25, 0.3) is 0 Å². The van der Waals surface area contributed by atoms with E-state index in [-0.39, 0.29) is 0 Å². The van der Waals surface area contributed by atoms with Crippen LogP contribution in [-0.4, -0.2) is 54.3 Å². The van der Waals surface area contributed by atoms with E-state index in [1.54, 1.807) is 0 Å². The first-order valence-electron chi connectivity index (χ1n) is 11.6. The lowest BCUT2D eigenvalue weighted by Crippen LogP contribution is -2.36. The Bertz CT molecular complexity index is 680. The van der Waals surface area contributed by atoms with E-state index in [2.05, 4.69) is 38.0 Å². The number of hydrogen-bond acceptors (Lipinski definition) is 5. The molecule has 168 valence electrons. The number of likely N-dealkylation sites (tertiary alicyclic amines) is 1. The molecule has 4 rings (SSSR count). The number of aromatic nitrogens is 2. The third-order valence-electron chi connectivity index (χ3n) is 4.74. The lowest BCUT2D eigenvalue weighted by molar-refractivity contribution is 0.122. The fourth-order valence-corrected chi connectivity index (χ4v) is 3.35. The van der Waals surface area contributed by atoms with Crippen LogP contribution in [0.15, 0.2) is 36.4 Å². The van der Waals surface area contributed by atoms with Gasteiger partial charge in [-0.15, -0.1) is 0 Å². The number of ether oxygens (including phenoxy) is 1. The Kier molecular flexibility index (Phi) is 13.7. The molecule has 5 heteroatoms. The molecule has 2 aromatic rings. The molecule has 4 heterocycles. The fourth-order valence-electron chi connectivity index (χ4n) is 3.35. The second kappa shape index (κ2) is 15.8. The molecule has 0 saturated carbocycles. The molecule has 0 bridgehead atoms. The van der Waals surface area contributed by atoms with Crippen LogP contribution in [0.4, 0.5) is 5.82 Å². The molecule has 0 aromatic carbocycles. The van der Waals surface area contributed by atoms with Crippen molar-refractivity contribution in [2.24, 2.45) is 0 Å². The lowest BCUT2D eigenvalue weighted by atomic mass is 10.3. The van der Waals surface area contributed by atoms with E-state index in [9.17, 15) is 0 Å². The summed E-state index contributed by atoms with van der Waals surface area (Å²) in [5, 5.41) is 0. The maximum absolute atomic E-state index is 5.28. The smallest absolute Gasteiger partial charge is 0.128 e. The van der Waals surface area contributed by atoms with Crippen LogP contribution in [-0.2, 0) is 11.3 Å². The molecule has 2 aromatic heterocycles. The highest BCUT2D eigenvalue weighted by molar-refractivity contribution is 5.39. The third-order valence-corrected chi connectivity index (χ3v) is 4.74. The predicted octanol–water partition coefficient (Wildman–Crippen LogP) is 5.26. The van der Waals surface area contributed by atoms with Crippen molar-refractivity contribution in [3.05, 3.63) is 53.5 Å². The number of rotatable bonds is 3. The molecule has 0 radical (unpaired) electrons. The Hall–Kier alpha value is -1.98. The minimum absolute atomic E-state index is 0.815. The van der Waals surface area contributed by atoms with E-state index in [0.717, 1.165) is 50.1 Å². The summed E-state index contributed by atoms with van der Waals surface area (Å²) in [5.74, 6) is 1.07. The third kappa shape index (κ3) is 9.68. The summed E-state index contributed by atoms with van der Waals surface area (Å²) < 4.78 is 5.28. The molecule has 0 unspecified atom stereocenters. The summed E-state index contributed by atoms with van der Waals surface area (Å²) in [5.41, 5.74) is 3.41. The van der Waals surface area contributed by atoms with Crippen LogP contribution in [0.1, 0.15) is 57.6 Å². The van der Waals surface area contributed by atoms with Gasteiger partial charge in [-0.05, 0) is 64.0 Å². The summed E-state index contributed by atoms with van der Waals surface area (Å²) in [7, 11) is 0. The number of nitrogens with zero attached hydrogens (tertiary/aromatic N) is 4. The molecule has 0 atom stereocenters. The van der Waals surface area contributed by atoms with Gasteiger partial charge in [-0.3, -0.25) is 9.88 Å². The van der Waals surface area contributed by atoms with Crippen LogP contribution in [0.2, 0.25) is 0 Å². The van der Waals surface area contributed by atoms with Gasteiger partial charge in [0.15, 0.2) is 0 Å². The number of pyridine rings is 2. The van der Waals surface area contributed by atoms with Crippen LogP contribution >= 0.6 is 0 Å². The molecule has 2 saturated heterocycles. The average Bonchev–Trinajstić information content (AvgIpc) is 3.31. The van der Waals surface area contributed by atoms with Gasteiger partial charge in [-0.2, -0.15) is 0 Å². The number of hydrogen-bond donors (Lipinski definition) is 0. The SMILES string of the molecule is CC.CC.Cc1cccc(CN2CCCC2)n1.Cc1cccc(N2CCOCC2)n1. The van der Waals surface area contributed by atoms with Gasteiger partial charge in [0.05, 0.1) is 18.9 Å². The Balaban J connectivity index is 0.000000258. The monoisotopic (exact) mass is 414 g/mol. The Morgan fingerprint density at radius 2 is 1.33 bits per heavy atom. The van der Waals surface area contributed by atoms with Gasteiger partial charge < -0.3 is 9.64 Å². The first-order chi connectivity index (χ1) is 14.7. The van der Waals surface area contributed by atoms with Gasteiger partial charge in [0, 0.05) is 31.0 Å². The molecular formula is C25H42N4O. The first-order valence-corrected chi connectivity index (χ1v) is 11.6. The largest absolute Gasteiger partial charge is 0.378 e. The van der Waals surface area contributed by atoms with Crippen molar-refractivity contribution in [2.75, 3.05) is 44.3 Å². The minimum atomic E-state index is 0.815. The van der Waals surface area contributed by atoms with Crippen molar-refractivity contribution >= 4 is 5.82 Å². The lowest BCUT2D eigenvalue weighted by Gasteiger charge is -2.27. The fraction of sp³-hybridized carbons (Fsp3) is 0.600. The van der Waals surface area contributed by atoms with Gasteiger partial charge in [-0.25, -0.2) is 4.98 Å². The van der Waals surface area contributed by atoms with E-state index in [1.165, 1.54) is 31.6 Å². The number of morpholine rings is 1. The van der Waals surface area contributed by atoms with Gasteiger partial charge in [0.1, 0.15) is 5.82 Å². The zero-order valence-electron chi connectivity index (χ0n) is 20.0. The van der Waals surface area contributed by atoms with Crippen molar-refractivity contribution in [1.29, 1.82) is 0 Å². The van der Waals surface area contributed by atoms with Gasteiger partial charge >= 0.3 is 0 Å². The molecule has 0 aliphatic carbocycles. The van der Waals surface area contributed by atoms with E-state index < -0.39 is 0 Å². The second-order valence-electron chi connectivity index (χ2n) is 6.99. The van der Waals surface area contributed by atoms with Crippen molar-refractivity contribution in [1.82, 2.24) is 14.9 Å². The van der Waals surface area contributed by atoms with Crippen molar-refractivity contribution in [3.63, 3.8) is 0 Å². The Labute approximate surface area is 184 Å². The van der Waals surface area contributed by atoms with Crippen LogP contribution in [0.5, 0.6) is 0 Å². The molecule has 2 aliphatic rings. The van der Waals surface area contributed by atoms with Crippen molar-refractivity contribution < 1.29 is 4.74 Å².